The number of likely N-dealkylation sites (N-methyl/N-ethyl adjacent to an activating group) is 1. The van der Waals surface area contributed by atoms with E-state index in [2.05, 4.69) is 15.5 Å². The Morgan fingerprint density at radius 1 is 1.00 bits per heavy atom. The minimum Gasteiger partial charge on any atom is -0.494 e. The van der Waals surface area contributed by atoms with E-state index in [1.54, 1.807) is 17.0 Å². The number of ether oxygens (including phenoxy) is 1. The van der Waals surface area contributed by atoms with Gasteiger partial charge in [0, 0.05) is 44.5 Å². The van der Waals surface area contributed by atoms with Crippen molar-refractivity contribution in [1.29, 1.82) is 0 Å². The normalized spacial score (nSPS) is 19.6. The molecule has 2 fully saturated rings. The molecule has 0 bridgehead atoms. The summed E-state index contributed by atoms with van der Waals surface area (Å²) < 4.78 is 19.4. The van der Waals surface area contributed by atoms with Crippen molar-refractivity contribution in [2.45, 2.75) is 63.5 Å². The van der Waals surface area contributed by atoms with E-state index in [4.69, 9.17) is 19.7 Å². The summed E-state index contributed by atoms with van der Waals surface area (Å²) in [6.45, 7) is 1.95. The van der Waals surface area contributed by atoms with Crippen LogP contribution in [0.5, 0.6) is 5.75 Å². The number of aromatic nitrogens is 3. The van der Waals surface area contributed by atoms with Gasteiger partial charge in [0.1, 0.15) is 0 Å². The van der Waals surface area contributed by atoms with Crippen molar-refractivity contribution >= 4 is 23.5 Å². The first-order chi connectivity index (χ1) is 16.0. The fraction of sp³-hybridized carbons (Fsp3) is 0.625. The molecule has 1 aliphatic carbocycles. The molecule has 1 atom stereocenters. The van der Waals surface area contributed by atoms with Crippen LogP contribution in [0.2, 0.25) is 0 Å². The van der Waals surface area contributed by atoms with Crippen molar-refractivity contribution < 1.29 is 9.13 Å². The molecule has 2 heterocycles. The Morgan fingerprint density at radius 2 is 1.76 bits per heavy atom. The van der Waals surface area contributed by atoms with Crippen LogP contribution >= 0.6 is 0 Å². The second kappa shape index (κ2) is 11.0. The summed E-state index contributed by atoms with van der Waals surface area (Å²) in [6.07, 6.45) is 9.49. The van der Waals surface area contributed by atoms with Crippen LogP contribution in [0.15, 0.2) is 18.2 Å². The molecule has 1 aromatic carbocycles. The lowest BCUT2D eigenvalue weighted by molar-refractivity contribution is 0.386. The number of nitrogens with zero attached hydrogens (tertiary/aromatic N) is 5. The number of hydrogen-bond donors (Lipinski definition) is 2. The van der Waals surface area contributed by atoms with E-state index < -0.39 is 5.82 Å². The maximum atomic E-state index is 14.4. The molecule has 1 unspecified atom stereocenters. The largest absolute Gasteiger partial charge is 0.494 e. The number of methoxy groups -OCH3 is 1. The third kappa shape index (κ3) is 5.82. The van der Waals surface area contributed by atoms with Gasteiger partial charge in [0.05, 0.1) is 7.11 Å². The van der Waals surface area contributed by atoms with Crippen LogP contribution in [0.3, 0.4) is 0 Å². The highest BCUT2D eigenvalue weighted by Gasteiger charge is 2.23. The molecule has 1 saturated carbocycles. The van der Waals surface area contributed by atoms with Crippen LogP contribution in [0.4, 0.5) is 27.9 Å². The number of anilines is 4. The highest BCUT2D eigenvalue weighted by atomic mass is 19.1. The summed E-state index contributed by atoms with van der Waals surface area (Å²) >= 11 is 0. The van der Waals surface area contributed by atoms with Gasteiger partial charge >= 0.3 is 0 Å². The molecule has 2 N–H and O–H groups in total. The van der Waals surface area contributed by atoms with E-state index in [1.807, 2.05) is 14.1 Å². The van der Waals surface area contributed by atoms with E-state index in [9.17, 15) is 4.39 Å². The van der Waals surface area contributed by atoms with Gasteiger partial charge in [-0.2, -0.15) is 15.0 Å². The van der Waals surface area contributed by atoms with E-state index in [0.29, 0.717) is 35.6 Å². The fourth-order valence-corrected chi connectivity index (χ4v) is 4.64. The molecule has 0 amide bonds. The third-order valence-electron chi connectivity index (χ3n) is 6.76. The fourth-order valence-electron chi connectivity index (χ4n) is 4.64. The molecule has 0 spiro atoms. The van der Waals surface area contributed by atoms with Crippen LogP contribution in [-0.2, 0) is 0 Å². The zero-order valence-electron chi connectivity index (χ0n) is 20.0. The quantitative estimate of drug-likeness (QED) is 0.602. The minimum atomic E-state index is -0.418. The van der Waals surface area contributed by atoms with Gasteiger partial charge in [0.25, 0.3) is 0 Å². The van der Waals surface area contributed by atoms with E-state index in [1.165, 1.54) is 38.9 Å². The van der Waals surface area contributed by atoms with Gasteiger partial charge in [0.15, 0.2) is 11.6 Å². The van der Waals surface area contributed by atoms with Gasteiger partial charge < -0.3 is 25.2 Å². The molecule has 33 heavy (non-hydrogen) atoms. The summed E-state index contributed by atoms with van der Waals surface area (Å²) in [5.41, 5.74) is 0.646. The molecule has 1 aliphatic heterocycles. The highest BCUT2D eigenvalue weighted by Crippen LogP contribution is 2.29. The maximum absolute atomic E-state index is 14.4. The standard InChI is InChI=1S/C24H36FN7O/c1-31(18-12-13-21(33-3)20(25)15-18)23-28-22(27-17-9-6-4-5-7-10-17)29-24(30-23)32(2)19-11-8-14-26-16-19/h12-13,15,17,19,26H,4-11,14,16H2,1-3H3,(H,27,28,29,30). The maximum Gasteiger partial charge on any atom is 0.236 e. The first kappa shape index (κ1) is 23.5. The highest BCUT2D eigenvalue weighted by molar-refractivity contribution is 5.60. The number of piperidine rings is 1. The Hall–Kier alpha value is -2.68. The van der Waals surface area contributed by atoms with Crippen molar-refractivity contribution in [3.63, 3.8) is 0 Å². The number of nitrogens with one attached hydrogen (secondary N) is 2. The van der Waals surface area contributed by atoms with Crippen LogP contribution in [0.25, 0.3) is 0 Å². The molecular formula is C24H36FN7O. The first-order valence-corrected chi connectivity index (χ1v) is 12.1. The van der Waals surface area contributed by atoms with Crippen molar-refractivity contribution in [3.8, 4) is 5.75 Å². The number of benzene rings is 1. The van der Waals surface area contributed by atoms with Crippen molar-refractivity contribution in [1.82, 2.24) is 20.3 Å². The van der Waals surface area contributed by atoms with Gasteiger partial charge in [-0.1, -0.05) is 25.7 Å². The molecule has 0 radical (unpaired) electrons. The zero-order valence-corrected chi connectivity index (χ0v) is 20.0. The summed E-state index contributed by atoms with van der Waals surface area (Å²) in [7, 11) is 5.35. The predicted octanol–water partition coefficient (Wildman–Crippen LogP) is 4.11. The van der Waals surface area contributed by atoms with Crippen molar-refractivity contribution in [3.05, 3.63) is 24.0 Å². The molecule has 2 aliphatic rings. The summed E-state index contributed by atoms with van der Waals surface area (Å²) in [5, 5.41) is 7.03. The minimum absolute atomic E-state index is 0.212. The predicted molar refractivity (Wildman–Crippen MR) is 130 cm³/mol. The molecule has 1 aromatic heterocycles. The van der Waals surface area contributed by atoms with Crippen molar-refractivity contribution in [2.75, 3.05) is 49.4 Å². The van der Waals surface area contributed by atoms with Gasteiger partial charge in [-0.05, 0) is 44.4 Å². The number of hydrogen-bond acceptors (Lipinski definition) is 8. The molecular weight excluding hydrogens is 421 g/mol. The van der Waals surface area contributed by atoms with Gasteiger partial charge in [0.2, 0.25) is 17.8 Å². The lowest BCUT2D eigenvalue weighted by atomic mass is 10.1. The summed E-state index contributed by atoms with van der Waals surface area (Å²) in [4.78, 5) is 18.2. The third-order valence-corrected chi connectivity index (χ3v) is 6.76. The molecule has 8 nitrogen and oxygen atoms in total. The average Bonchev–Trinajstić information content (AvgIpc) is 3.12. The number of rotatable bonds is 7. The molecule has 9 heteroatoms. The Bertz CT molecular complexity index is 914. The second-order valence-electron chi connectivity index (χ2n) is 9.08. The SMILES string of the molecule is COc1ccc(N(C)c2nc(NC3CCCCCC3)nc(N(C)C3CCCNC3)n2)cc1F. The van der Waals surface area contributed by atoms with Gasteiger partial charge in [-0.3, -0.25) is 0 Å². The van der Waals surface area contributed by atoms with Gasteiger partial charge in [-0.15, -0.1) is 0 Å². The smallest absolute Gasteiger partial charge is 0.236 e. The van der Waals surface area contributed by atoms with E-state index >= 15 is 0 Å². The molecule has 1 saturated heterocycles. The summed E-state index contributed by atoms with van der Waals surface area (Å²) in [5.74, 6) is 1.49. The topological polar surface area (TPSA) is 78.4 Å². The van der Waals surface area contributed by atoms with Crippen molar-refractivity contribution in [2.24, 2.45) is 0 Å². The Kier molecular flexibility index (Phi) is 7.80. The van der Waals surface area contributed by atoms with E-state index in [-0.39, 0.29) is 5.75 Å². The Balaban J connectivity index is 1.64. The van der Waals surface area contributed by atoms with E-state index in [0.717, 1.165) is 38.8 Å². The lowest BCUT2D eigenvalue weighted by Crippen LogP contribution is -2.45. The van der Waals surface area contributed by atoms with Gasteiger partial charge in [-0.25, -0.2) is 4.39 Å². The average molecular weight is 458 g/mol. The monoisotopic (exact) mass is 457 g/mol. The van der Waals surface area contributed by atoms with Crippen LogP contribution in [0, 0.1) is 5.82 Å². The molecule has 180 valence electrons. The molecule has 4 rings (SSSR count). The lowest BCUT2D eigenvalue weighted by Gasteiger charge is -2.32. The Labute approximate surface area is 196 Å². The number of halogens is 1. The summed E-state index contributed by atoms with van der Waals surface area (Å²) in [6, 6.07) is 5.55. The zero-order chi connectivity index (χ0) is 23.2. The molecule has 2 aromatic rings. The second-order valence-corrected chi connectivity index (χ2v) is 9.08. The van der Waals surface area contributed by atoms with Crippen LogP contribution < -0.4 is 25.2 Å². The Morgan fingerprint density at radius 3 is 2.42 bits per heavy atom. The van der Waals surface area contributed by atoms with Crippen LogP contribution in [0.1, 0.15) is 51.4 Å². The first-order valence-electron chi connectivity index (χ1n) is 12.1. The van der Waals surface area contributed by atoms with Crippen LogP contribution in [-0.4, -0.2) is 61.3 Å².